The van der Waals surface area contributed by atoms with E-state index in [1.54, 1.807) is 6.92 Å². The SMILES string of the molecule is CCC(NC(=O)C1(CN)CCCCCC1)C(=O)O. The molecule has 1 fully saturated rings. The minimum absolute atomic E-state index is 0.179. The predicted molar refractivity (Wildman–Crippen MR) is 69.0 cm³/mol. The Labute approximate surface area is 108 Å². The lowest BCUT2D eigenvalue weighted by Gasteiger charge is -2.31. The van der Waals surface area contributed by atoms with E-state index in [0.29, 0.717) is 13.0 Å². The van der Waals surface area contributed by atoms with Crippen molar-refractivity contribution in [2.24, 2.45) is 11.1 Å². The monoisotopic (exact) mass is 256 g/mol. The molecule has 0 aromatic rings. The Morgan fingerprint density at radius 3 is 2.22 bits per heavy atom. The quantitative estimate of drug-likeness (QED) is 0.646. The molecule has 0 spiro atoms. The molecule has 1 rings (SSSR count). The van der Waals surface area contributed by atoms with Gasteiger partial charge in [-0.25, -0.2) is 4.79 Å². The first-order valence-corrected chi connectivity index (χ1v) is 6.79. The zero-order valence-electron chi connectivity index (χ0n) is 11.1. The van der Waals surface area contributed by atoms with E-state index in [0.717, 1.165) is 38.5 Å². The number of carbonyl (C=O) groups is 2. The number of nitrogens with two attached hydrogens (primary N) is 1. The first-order valence-electron chi connectivity index (χ1n) is 6.79. The van der Waals surface area contributed by atoms with E-state index in [1.165, 1.54) is 0 Å². The van der Waals surface area contributed by atoms with Crippen LogP contribution in [0.1, 0.15) is 51.9 Å². The highest BCUT2D eigenvalue weighted by molar-refractivity contribution is 5.87. The van der Waals surface area contributed by atoms with Crippen molar-refractivity contribution < 1.29 is 14.7 Å². The third-order valence-electron chi connectivity index (χ3n) is 3.94. The summed E-state index contributed by atoms with van der Waals surface area (Å²) in [6, 6.07) is -0.802. The highest BCUT2D eigenvalue weighted by Gasteiger charge is 2.38. The molecule has 104 valence electrons. The van der Waals surface area contributed by atoms with Crippen LogP contribution >= 0.6 is 0 Å². The van der Waals surface area contributed by atoms with Crippen molar-refractivity contribution in [3.63, 3.8) is 0 Å². The maximum Gasteiger partial charge on any atom is 0.326 e. The number of carbonyl (C=O) groups excluding carboxylic acids is 1. The highest BCUT2D eigenvalue weighted by Crippen LogP contribution is 2.34. The third-order valence-corrected chi connectivity index (χ3v) is 3.94. The second-order valence-electron chi connectivity index (χ2n) is 5.17. The smallest absolute Gasteiger partial charge is 0.326 e. The number of amides is 1. The van der Waals surface area contributed by atoms with Gasteiger partial charge < -0.3 is 16.2 Å². The van der Waals surface area contributed by atoms with Gasteiger partial charge in [-0.2, -0.15) is 0 Å². The van der Waals surface area contributed by atoms with Crippen molar-refractivity contribution in [2.45, 2.75) is 57.9 Å². The number of rotatable bonds is 5. The van der Waals surface area contributed by atoms with Crippen molar-refractivity contribution in [3.8, 4) is 0 Å². The van der Waals surface area contributed by atoms with Crippen molar-refractivity contribution in [1.82, 2.24) is 5.32 Å². The summed E-state index contributed by atoms with van der Waals surface area (Å²) in [5, 5.41) is 11.6. The van der Waals surface area contributed by atoms with E-state index in [9.17, 15) is 9.59 Å². The third kappa shape index (κ3) is 3.45. The van der Waals surface area contributed by atoms with Crippen LogP contribution in [0, 0.1) is 5.41 Å². The average molecular weight is 256 g/mol. The molecule has 1 aliphatic rings. The molecule has 0 aromatic carbocycles. The van der Waals surface area contributed by atoms with Gasteiger partial charge in [0, 0.05) is 6.54 Å². The molecule has 0 bridgehead atoms. The molecule has 0 heterocycles. The van der Waals surface area contributed by atoms with Crippen LogP contribution in [0.15, 0.2) is 0 Å². The largest absolute Gasteiger partial charge is 0.480 e. The molecule has 18 heavy (non-hydrogen) atoms. The molecule has 1 atom stereocenters. The zero-order chi connectivity index (χ0) is 13.6. The molecule has 0 aromatic heterocycles. The predicted octanol–water partition coefficient (Wildman–Crippen LogP) is 1.27. The van der Waals surface area contributed by atoms with E-state index in [4.69, 9.17) is 10.8 Å². The van der Waals surface area contributed by atoms with Crippen LogP contribution in [0.2, 0.25) is 0 Å². The maximum absolute atomic E-state index is 12.3. The molecule has 4 N–H and O–H groups in total. The number of hydrogen-bond acceptors (Lipinski definition) is 3. The summed E-state index contributed by atoms with van der Waals surface area (Å²) in [4.78, 5) is 23.3. The van der Waals surface area contributed by atoms with Gasteiger partial charge in [0.2, 0.25) is 5.91 Å². The van der Waals surface area contributed by atoms with E-state index in [-0.39, 0.29) is 5.91 Å². The summed E-state index contributed by atoms with van der Waals surface area (Å²) in [5.41, 5.74) is 5.24. The second-order valence-corrected chi connectivity index (χ2v) is 5.17. The van der Waals surface area contributed by atoms with Gasteiger partial charge in [-0.1, -0.05) is 32.6 Å². The highest BCUT2D eigenvalue weighted by atomic mass is 16.4. The van der Waals surface area contributed by atoms with Gasteiger partial charge in [0.15, 0.2) is 0 Å². The van der Waals surface area contributed by atoms with Crippen LogP contribution in [0.4, 0.5) is 0 Å². The summed E-state index contributed by atoms with van der Waals surface area (Å²) in [7, 11) is 0. The Balaban J connectivity index is 2.74. The number of carboxylic acids is 1. The van der Waals surface area contributed by atoms with Crippen LogP contribution in [0.3, 0.4) is 0 Å². The topological polar surface area (TPSA) is 92.4 Å². The average Bonchev–Trinajstić information content (AvgIpc) is 2.61. The molecule has 5 heteroatoms. The van der Waals surface area contributed by atoms with Gasteiger partial charge in [0.1, 0.15) is 6.04 Å². The molecule has 0 saturated heterocycles. The van der Waals surface area contributed by atoms with Crippen LogP contribution in [0.5, 0.6) is 0 Å². The fraction of sp³-hybridized carbons (Fsp3) is 0.846. The number of carboxylic acid groups (broad SMARTS) is 1. The molecule has 5 nitrogen and oxygen atoms in total. The Morgan fingerprint density at radius 2 is 1.83 bits per heavy atom. The number of hydrogen-bond donors (Lipinski definition) is 3. The van der Waals surface area contributed by atoms with Crippen LogP contribution < -0.4 is 11.1 Å². The molecule has 1 saturated carbocycles. The minimum atomic E-state index is -0.980. The molecular weight excluding hydrogens is 232 g/mol. The van der Waals surface area contributed by atoms with Crippen LogP contribution in [0.25, 0.3) is 0 Å². The Hall–Kier alpha value is -1.10. The summed E-state index contributed by atoms with van der Waals surface area (Å²) < 4.78 is 0. The lowest BCUT2D eigenvalue weighted by molar-refractivity contribution is -0.144. The Bertz CT molecular complexity index is 297. The van der Waals surface area contributed by atoms with Crippen molar-refractivity contribution in [1.29, 1.82) is 0 Å². The summed E-state index contributed by atoms with van der Waals surface area (Å²) in [6.07, 6.45) is 6.18. The standard InChI is InChI=1S/C13H24N2O3/c1-2-10(11(16)17)15-12(18)13(9-14)7-5-3-4-6-8-13/h10H,2-9,14H2,1H3,(H,15,18)(H,16,17). The fourth-order valence-electron chi connectivity index (χ4n) is 2.58. The first-order chi connectivity index (χ1) is 8.55. The van der Waals surface area contributed by atoms with Gasteiger partial charge in [-0.3, -0.25) is 4.79 Å². The lowest BCUT2D eigenvalue weighted by atomic mass is 9.79. The molecule has 1 aliphatic carbocycles. The van der Waals surface area contributed by atoms with Gasteiger partial charge >= 0.3 is 5.97 Å². The summed E-state index contributed by atoms with van der Waals surface area (Å²) in [6.45, 7) is 2.05. The van der Waals surface area contributed by atoms with Crippen LogP contribution in [-0.2, 0) is 9.59 Å². The maximum atomic E-state index is 12.3. The Kier molecular flexibility index (Phi) is 5.59. The van der Waals surface area contributed by atoms with Crippen molar-refractivity contribution >= 4 is 11.9 Å². The Morgan fingerprint density at radius 1 is 1.28 bits per heavy atom. The van der Waals surface area contributed by atoms with E-state index < -0.39 is 17.4 Å². The normalized spacial score (nSPS) is 20.8. The van der Waals surface area contributed by atoms with E-state index >= 15 is 0 Å². The zero-order valence-corrected chi connectivity index (χ0v) is 11.1. The lowest BCUT2D eigenvalue weighted by Crippen LogP contribution is -2.51. The minimum Gasteiger partial charge on any atom is -0.480 e. The molecule has 1 unspecified atom stereocenters. The second kappa shape index (κ2) is 6.73. The van der Waals surface area contributed by atoms with Gasteiger partial charge in [0.05, 0.1) is 5.41 Å². The van der Waals surface area contributed by atoms with Crippen molar-refractivity contribution in [2.75, 3.05) is 6.54 Å². The molecule has 0 radical (unpaired) electrons. The molecular formula is C13H24N2O3. The van der Waals surface area contributed by atoms with E-state index in [2.05, 4.69) is 5.32 Å². The van der Waals surface area contributed by atoms with Crippen LogP contribution in [-0.4, -0.2) is 29.6 Å². The van der Waals surface area contributed by atoms with E-state index in [1.807, 2.05) is 0 Å². The molecule has 0 aliphatic heterocycles. The number of aliphatic carboxylic acids is 1. The van der Waals surface area contributed by atoms with Gasteiger partial charge in [-0.15, -0.1) is 0 Å². The fourth-order valence-corrected chi connectivity index (χ4v) is 2.58. The van der Waals surface area contributed by atoms with Gasteiger partial charge in [-0.05, 0) is 19.3 Å². The van der Waals surface area contributed by atoms with Crippen molar-refractivity contribution in [3.05, 3.63) is 0 Å². The first kappa shape index (κ1) is 15.0. The number of nitrogens with one attached hydrogen (secondary N) is 1. The summed E-state index contributed by atoms with van der Waals surface area (Å²) >= 11 is 0. The molecule has 1 amide bonds. The summed E-state index contributed by atoms with van der Waals surface area (Å²) in [5.74, 6) is -1.16. The van der Waals surface area contributed by atoms with Gasteiger partial charge in [0.25, 0.3) is 0 Å².